The number of anilines is 1. The Morgan fingerprint density at radius 2 is 1.84 bits per heavy atom. The summed E-state index contributed by atoms with van der Waals surface area (Å²) >= 11 is 9.46. The van der Waals surface area contributed by atoms with Crippen LogP contribution >= 0.6 is 34.7 Å². The van der Waals surface area contributed by atoms with Gasteiger partial charge in [-0.3, -0.25) is 9.69 Å². The number of ether oxygens (including phenoxy) is 1. The van der Waals surface area contributed by atoms with Gasteiger partial charge in [0.05, 0.1) is 23.4 Å². The van der Waals surface area contributed by atoms with Gasteiger partial charge in [0.15, 0.2) is 5.13 Å². The van der Waals surface area contributed by atoms with Crippen LogP contribution in [-0.4, -0.2) is 23.8 Å². The van der Waals surface area contributed by atoms with Crippen molar-refractivity contribution in [3.63, 3.8) is 0 Å². The zero-order chi connectivity index (χ0) is 21.6. The number of halogens is 1. The average Bonchev–Trinajstić information content (AvgIpc) is 3.24. The molecule has 0 aliphatic carbocycles. The molecule has 0 bridgehead atoms. The molecule has 4 nitrogen and oxygen atoms in total. The third-order valence-corrected chi connectivity index (χ3v) is 7.08. The molecule has 4 rings (SSSR count). The molecule has 0 aliphatic rings. The first-order valence-electron chi connectivity index (χ1n) is 9.80. The SMILES string of the molecule is COc1ccc(SCCC(=O)N(Cc2ccccc2)c2nc3c(Cl)cccc3s2)cc1. The maximum Gasteiger partial charge on any atom is 0.229 e. The van der Waals surface area contributed by atoms with Crippen LogP contribution in [-0.2, 0) is 11.3 Å². The van der Waals surface area contributed by atoms with E-state index in [9.17, 15) is 4.79 Å². The molecule has 0 aliphatic heterocycles. The summed E-state index contributed by atoms with van der Waals surface area (Å²) < 4.78 is 6.17. The molecule has 0 fully saturated rings. The highest BCUT2D eigenvalue weighted by atomic mass is 35.5. The molecule has 1 heterocycles. The maximum absolute atomic E-state index is 13.2. The van der Waals surface area contributed by atoms with Crippen LogP contribution in [0.25, 0.3) is 10.2 Å². The average molecular weight is 469 g/mol. The molecule has 31 heavy (non-hydrogen) atoms. The van der Waals surface area contributed by atoms with E-state index in [0.717, 1.165) is 26.4 Å². The van der Waals surface area contributed by atoms with Crippen LogP contribution in [0.4, 0.5) is 5.13 Å². The van der Waals surface area contributed by atoms with E-state index >= 15 is 0 Å². The van der Waals surface area contributed by atoms with Gasteiger partial charge in [0, 0.05) is 17.1 Å². The van der Waals surface area contributed by atoms with Gasteiger partial charge in [0.2, 0.25) is 5.91 Å². The second-order valence-corrected chi connectivity index (χ2v) is 9.41. The summed E-state index contributed by atoms with van der Waals surface area (Å²) in [6.45, 7) is 0.477. The molecule has 0 unspecified atom stereocenters. The molecule has 0 saturated heterocycles. The molecule has 0 spiro atoms. The van der Waals surface area contributed by atoms with Gasteiger partial charge in [-0.2, -0.15) is 0 Å². The molecule has 0 N–H and O–H groups in total. The lowest BCUT2D eigenvalue weighted by atomic mass is 10.2. The number of thiazole rings is 1. The third kappa shape index (κ3) is 5.39. The van der Waals surface area contributed by atoms with Crippen LogP contribution in [0.2, 0.25) is 5.02 Å². The van der Waals surface area contributed by atoms with Gasteiger partial charge in [0.25, 0.3) is 0 Å². The number of amides is 1. The van der Waals surface area contributed by atoms with Crippen LogP contribution in [0.5, 0.6) is 5.75 Å². The van der Waals surface area contributed by atoms with Gasteiger partial charge in [-0.1, -0.05) is 59.3 Å². The smallest absolute Gasteiger partial charge is 0.229 e. The van der Waals surface area contributed by atoms with Crippen molar-refractivity contribution >= 4 is 56.0 Å². The Balaban J connectivity index is 1.51. The number of aromatic nitrogens is 1. The Kier molecular flexibility index (Phi) is 7.12. The number of benzene rings is 3. The number of methoxy groups -OCH3 is 1. The number of carbonyl (C=O) groups excluding carboxylic acids is 1. The molecule has 1 aromatic heterocycles. The number of carbonyl (C=O) groups is 1. The van der Waals surface area contributed by atoms with E-state index in [4.69, 9.17) is 16.3 Å². The fraction of sp³-hybridized carbons (Fsp3) is 0.167. The van der Waals surface area contributed by atoms with Crippen molar-refractivity contribution in [2.45, 2.75) is 17.9 Å². The standard InChI is InChI=1S/C24H21ClN2O2S2/c1-29-18-10-12-19(13-11-18)30-15-14-22(28)27(16-17-6-3-2-4-7-17)24-26-23-20(25)8-5-9-21(23)31-24/h2-13H,14-16H2,1H3. The van der Waals surface area contributed by atoms with E-state index < -0.39 is 0 Å². The van der Waals surface area contributed by atoms with Crippen molar-refractivity contribution < 1.29 is 9.53 Å². The molecular formula is C24H21ClN2O2S2. The summed E-state index contributed by atoms with van der Waals surface area (Å²) in [4.78, 5) is 20.8. The first-order valence-corrected chi connectivity index (χ1v) is 12.0. The van der Waals surface area contributed by atoms with Crippen molar-refractivity contribution in [1.29, 1.82) is 0 Å². The highest BCUT2D eigenvalue weighted by Gasteiger charge is 2.20. The van der Waals surface area contributed by atoms with Crippen molar-refractivity contribution in [2.75, 3.05) is 17.8 Å². The summed E-state index contributed by atoms with van der Waals surface area (Å²) in [5.41, 5.74) is 1.80. The van der Waals surface area contributed by atoms with Crippen LogP contribution in [0.1, 0.15) is 12.0 Å². The number of rotatable bonds is 8. The first kappa shape index (κ1) is 21.7. The van der Waals surface area contributed by atoms with Crippen molar-refractivity contribution in [3.05, 3.63) is 83.4 Å². The molecule has 0 radical (unpaired) electrons. The second-order valence-electron chi connectivity index (χ2n) is 6.82. The van der Waals surface area contributed by atoms with Gasteiger partial charge in [-0.15, -0.1) is 11.8 Å². The summed E-state index contributed by atoms with van der Waals surface area (Å²) in [5.74, 6) is 1.55. The van der Waals surface area contributed by atoms with Crippen LogP contribution in [0, 0.1) is 0 Å². The first-order chi connectivity index (χ1) is 15.1. The lowest BCUT2D eigenvalue weighted by Gasteiger charge is -2.20. The highest BCUT2D eigenvalue weighted by molar-refractivity contribution is 7.99. The number of nitrogens with zero attached hydrogens (tertiary/aromatic N) is 2. The van der Waals surface area contributed by atoms with E-state index in [1.165, 1.54) is 11.3 Å². The van der Waals surface area contributed by atoms with Crippen molar-refractivity contribution in [2.24, 2.45) is 0 Å². The fourth-order valence-corrected chi connectivity index (χ4v) is 5.23. The predicted molar refractivity (Wildman–Crippen MR) is 131 cm³/mol. The predicted octanol–water partition coefficient (Wildman–Crippen LogP) is 6.67. The van der Waals surface area contributed by atoms with Crippen LogP contribution in [0.15, 0.2) is 77.7 Å². The molecule has 1 amide bonds. The minimum atomic E-state index is 0.0417. The Bertz CT molecular complexity index is 1160. The summed E-state index contributed by atoms with van der Waals surface area (Å²) in [5, 5.41) is 1.27. The Morgan fingerprint density at radius 1 is 1.06 bits per heavy atom. The maximum atomic E-state index is 13.2. The number of thioether (sulfide) groups is 1. The number of hydrogen-bond donors (Lipinski definition) is 0. The number of hydrogen-bond acceptors (Lipinski definition) is 5. The van der Waals surface area contributed by atoms with Gasteiger partial charge >= 0.3 is 0 Å². The zero-order valence-corrected chi connectivity index (χ0v) is 19.3. The Morgan fingerprint density at radius 3 is 2.55 bits per heavy atom. The molecule has 3 aromatic carbocycles. The minimum Gasteiger partial charge on any atom is -0.497 e. The lowest BCUT2D eigenvalue weighted by Crippen LogP contribution is -2.30. The topological polar surface area (TPSA) is 42.4 Å². The van der Waals surface area contributed by atoms with Crippen molar-refractivity contribution in [3.8, 4) is 5.75 Å². The van der Waals surface area contributed by atoms with E-state index in [2.05, 4.69) is 4.98 Å². The Hall–Kier alpha value is -2.54. The quantitative estimate of drug-likeness (QED) is 0.271. The van der Waals surface area contributed by atoms with Crippen LogP contribution < -0.4 is 9.64 Å². The van der Waals surface area contributed by atoms with Gasteiger partial charge < -0.3 is 4.74 Å². The summed E-state index contributed by atoms with van der Waals surface area (Å²) in [6, 6.07) is 23.5. The molecular weight excluding hydrogens is 448 g/mol. The van der Waals surface area contributed by atoms with Crippen LogP contribution in [0.3, 0.4) is 0 Å². The van der Waals surface area contributed by atoms with E-state index in [-0.39, 0.29) is 5.91 Å². The lowest BCUT2D eigenvalue weighted by molar-refractivity contribution is -0.118. The molecule has 0 saturated carbocycles. The van der Waals surface area contributed by atoms with E-state index in [1.807, 2.05) is 72.8 Å². The molecule has 158 valence electrons. The number of para-hydroxylation sites is 1. The van der Waals surface area contributed by atoms with Gasteiger partial charge in [-0.05, 0) is 42.0 Å². The van der Waals surface area contributed by atoms with Crippen molar-refractivity contribution in [1.82, 2.24) is 4.98 Å². The summed E-state index contributed by atoms with van der Waals surface area (Å²) in [6.07, 6.45) is 0.410. The molecule has 0 atom stereocenters. The number of fused-ring (bicyclic) bond motifs is 1. The summed E-state index contributed by atoms with van der Waals surface area (Å²) in [7, 11) is 1.65. The monoisotopic (exact) mass is 468 g/mol. The second kappa shape index (κ2) is 10.2. The third-order valence-electron chi connectivity index (χ3n) is 4.72. The minimum absolute atomic E-state index is 0.0417. The zero-order valence-electron chi connectivity index (χ0n) is 17.0. The fourth-order valence-electron chi connectivity index (χ4n) is 3.11. The highest BCUT2D eigenvalue weighted by Crippen LogP contribution is 2.34. The van der Waals surface area contributed by atoms with E-state index in [1.54, 1.807) is 23.8 Å². The Labute approximate surface area is 194 Å². The normalized spacial score (nSPS) is 10.9. The van der Waals surface area contributed by atoms with E-state index in [0.29, 0.717) is 28.9 Å². The molecule has 4 aromatic rings. The molecule has 7 heteroatoms. The van der Waals surface area contributed by atoms with Gasteiger partial charge in [-0.25, -0.2) is 4.98 Å². The van der Waals surface area contributed by atoms with Gasteiger partial charge in [0.1, 0.15) is 11.3 Å². The largest absolute Gasteiger partial charge is 0.497 e.